The molecular weight excluding hydrogens is 350 g/mol. The number of nitrogens with one attached hydrogen (secondary N) is 1. The van der Waals surface area contributed by atoms with E-state index in [4.69, 9.17) is 4.74 Å². The highest BCUT2D eigenvalue weighted by Crippen LogP contribution is 2.35. The van der Waals surface area contributed by atoms with E-state index in [1.54, 1.807) is 7.11 Å². The molecule has 2 N–H and O–H groups in total. The Hall–Kier alpha value is -1.33. The largest absolute Gasteiger partial charge is 0.503 e. The summed E-state index contributed by atoms with van der Waals surface area (Å²) in [6, 6.07) is 12.0. The number of ether oxygens (including phenoxy) is 1. The van der Waals surface area contributed by atoms with Crippen LogP contribution in [0, 0.1) is 0 Å². The lowest BCUT2D eigenvalue weighted by molar-refractivity contribution is 0.371. The molecule has 0 spiro atoms. The maximum atomic E-state index is 9.83. The molecule has 2 aromatic rings. The van der Waals surface area contributed by atoms with Crippen LogP contribution in [0.2, 0.25) is 0 Å². The van der Waals surface area contributed by atoms with E-state index >= 15 is 0 Å². The molecule has 0 saturated heterocycles. The Morgan fingerprint density at radius 1 is 1.29 bits per heavy atom. The second-order valence-corrected chi connectivity index (χ2v) is 6.57. The summed E-state index contributed by atoms with van der Waals surface area (Å²) < 4.78 is 5.80. The van der Waals surface area contributed by atoms with Gasteiger partial charge in [0.1, 0.15) is 0 Å². The highest BCUT2D eigenvalue weighted by molar-refractivity contribution is 9.10. The van der Waals surface area contributed by atoms with Gasteiger partial charge in [-0.15, -0.1) is 11.8 Å². The van der Waals surface area contributed by atoms with Gasteiger partial charge in [0.15, 0.2) is 11.5 Å². The molecular formula is C16H18BrNO2S. The van der Waals surface area contributed by atoms with E-state index in [0.29, 0.717) is 16.8 Å². The Balaban J connectivity index is 2.15. The molecule has 0 aliphatic carbocycles. The van der Waals surface area contributed by atoms with Crippen LogP contribution < -0.4 is 10.1 Å². The van der Waals surface area contributed by atoms with Crippen LogP contribution in [0.15, 0.2) is 45.8 Å². The van der Waals surface area contributed by atoms with E-state index in [1.165, 1.54) is 4.90 Å². The summed E-state index contributed by atoms with van der Waals surface area (Å²) in [5.41, 5.74) is 2.15. The maximum Gasteiger partial charge on any atom is 0.172 e. The average molecular weight is 368 g/mol. The van der Waals surface area contributed by atoms with Gasteiger partial charge in [0.25, 0.3) is 0 Å². The fourth-order valence-corrected chi connectivity index (χ4v) is 3.25. The number of thioether (sulfide) groups is 1. The van der Waals surface area contributed by atoms with Crippen molar-refractivity contribution in [2.75, 3.05) is 18.2 Å². The van der Waals surface area contributed by atoms with Crippen LogP contribution in [-0.4, -0.2) is 18.0 Å². The number of para-hydroxylation sites is 1. The third-order valence-corrected chi connectivity index (χ3v) is 4.54. The van der Waals surface area contributed by atoms with Gasteiger partial charge in [-0.2, -0.15) is 0 Å². The molecule has 0 heterocycles. The second kappa shape index (κ2) is 7.61. The van der Waals surface area contributed by atoms with Gasteiger partial charge in [0, 0.05) is 17.1 Å². The van der Waals surface area contributed by atoms with Crippen molar-refractivity contribution in [2.24, 2.45) is 0 Å². The number of hydrogen-bond donors (Lipinski definition) is 2. The van der Waals surface area contributed by atoms with Crippen LogP contribution >= 0.6 is 27.7 Å². The quantitative estimate of drug-likeness (QED) is 0.713. The average Bonchev–Trinajstić information content (AvgIpc) is 2.50. The van der Waals surface area contributed by atoms with Crippen molar-refractivity contribution < 1.29 is 9.84 Å². The first kappa shape index (κ1) is 16.0. The van der Waals surface area contributed by atoms with Crippen molar-refractivity contribution in [3.63, 3.8) is 0 Å². The molecule has 3 nitrogen and oxygen atoms in total. The molecule has 0 bridgehead atoms. The SMILES string of the molecule is CCSc1ccccc1NCc1cc(Br)c(O)c(OC)c1. The van der Waals surface area contributed by atoms with E-state index in [0.717, 1.165) is 17.0 Å². The first-order valence-corrected chi connectivity index (χ1v) is 8.44. The van der Waals surface area contributed by atoms with Crippen molar-refractivity contribution in [1.29, 1.82) is 0 Å². The molecule has 0 aliphatic heterocycles. The van der Waals surface area contributed by atoms with Gasteiger partial charge in [-0.25, -0.2) is 0 Å². The number of anilines is 1. The van der Waals surface area contributed by atoms with Gasteiger partial charge in [-0.1, -0.05) is 19.1 Å². The lowest BCUT2D eigenvalue weighted by Crippen LogP contribution is -2.01. The van der Waals surface area contributed by atoms with E-state index < -0.39 is 0 Å². The Kier molecular flexibility index (Phi) is 5.82. The van der Waals surface area contributed by atoms with Crippen molar-refractivity contribution in [3.8, 4) is 11.5 Å². The normalized spacial score (nSPS) is 10.4. The number of hydrogen-bond acceptors (Lipinski definition) is 4. The molecule has 0 aliphatic rings. The van der Waals surface area contributed by atoms with Gasteiger partial charge in [0.2, 0.25) is 0 Å². The van der Waals surface area contributed by atoms with E-state index in [1.807, 2.05) is 36.0 Å². The van der Waals surface area contributed by atoms with Crippen molar-refractivity contribution >= 4 is 33.4 Å². The van der Waals surface area contributed by atoms with Gasteiger partial charge < -0.3 is 15.2 Å². The van der Waals surface area contributed by atoms with Crippen LogP contribution in [0.1, 0.15) is 12.5 Å². The molecule has 0 fully saturated rings. The third-order valence-electron chi connectivity index (χ3n) is 2.98. The minimum Gasteiger partial charge on any atom is -0.503 e. The zero-order chi connectivity index (χ0) is 15.2. The number of phenolic OH excluding ortho intramolecular Hbond substituents is 1. The second-order valence-electron chi connectivity index (χ2n) is 4.41. The lowest BCUT2D eigenvalue weighted by atomic mass is 10.2. The number of halogens is 1. The van der Waals surface area contributed by atoms with Gasteiger partial charge >= 0.3 is 0 Å². The molecule has 0 radical (unpaired) electrons. The van der Waals surface area contributed by atoms with E-state index in [-0.39, 0.29) is 5.75 Å². The van der Waals surface area contributed by atoms with Crippen LogP contribution in [0.5, 0.6) is 11.5 Å². The molecule has 0 unspecified atom stereocenters. The first-order valence-electron chi connectivity index (χ1n) is 6.66. The summed E-state index contributed by atoms with van der Waals surface area (Å²) in [6.45, 7) is 2.81. The Morgan fingerprint density at radius 2 is 2.05 bits per heavy atom. The predicted molar refractivity (Wildman–Crippen MR) is 92.5 cm³/mol. The summed E-state index contributed by atoms with van der Waals surface area (Å²) in [7, 11) is 1.55. The number of rotatable bonds is 6. The van der Waals surface area contributed by atoms with Gasteiger partial charge in [0.05, 0.1) is 11.6 Å². The summed E-state index contributed by atoms with van der Waals surface area (Å²) in [4.78, 5) is 1.24. The first-order chi connectivity index (χ1) is 10.2. The molecule has 0 amide bonds. The summed E-state index contributed by atoms with van der Waals surface area (Å²) in [6.07, 6.45) is 0. The van der Waals surface area contributed by atoms with E-state index in [9.17, 15) is 5.11 Å². The Bertz CT molecular complexity index is 619. The minimum atomic E-state index is 0.128. The Labute approximate surface area is 137 Å². The molecule has 0 saturated carbocycles. The maximum absolute atomic E-state index is 9.83. The molecule has 2 rings (SSSR count). The van der Waals surface area contributed by atoms with Gasteiger partial charge in [-0.05, 0) is 51.5 Å². The molecule has 0 atom stereocenters. The predicted octanol–water partition coefficient (Wildman–Crippen LogP) is 4.89. The van der Waals surface area contributed by atoms with Crippen LogP contribution in [0.25, 0.3) is 0 Å². The summed E-state index contributed by atoms with van der Waals surface area (Å²) in [5, 5.41) is 13.3. The third kappa shape index (κ3) is 4.08. The fraction of sp³-hybridized carbons (Fsp3) is 0.250. The number of phenols is 1. The lowest BCUT2D eigenvalue weighted by Gasteiger charge is -2.13. The molecule has 112 valence electrons. The highest BCUT2D eigenvalue weighted by atomic mass is 79.9. The minimum absolute atomic E-state index is 0.128. The summed E-state index contributed by atoms with van der Waals surface area (Å²) >= 11 is 5.16. The highest BCUT2D eigenvalue weighted by Gasteiger charge is 2.09. The van der Waals surface area contributed by atoms with Gasteiger partial charge in [-0.3, -0.25) is 0 Å². The van der Waals surface area contributed by atoms with Crippen LogP contribution in [0.3, 0.4) is 0 Å². The molecule has 2 aromatic carbocycles. The fourth-order valence-electron chi connectivity index (χ4n) is 1.98. The zero-order valence-electron chi connectivity index (χ0n) is 12.0. The van der Waals surface area contributed by atoms with Crippen molar-refractivity contribution in [3.05, 3.63) is 46.4 Å². The van der Waals surface area contributed by atoms with Crippen LogP contribution in [0.4, 0.5) is 5.69 Å². The topological polar surface area (TPSA) is 41.5 Å². The van der Waals surface area contributed by atoms with Crippen LogP contribution in [-0.2, 0) is 6.54 Å². The Morgan fingerprint density at radius 3 is 2.76 bits per heavy atom. The molecule has 21 heavy (non-hydrogen) atoms. The molecule has 5 heteroatoms. The number of benzene rings is 2. The molecule has 0 aromatic heterocycles. The number of aromatic hydroxyl groups is 1. The smallest absolute Gasteiger partial charge is 0.172 e. The summed E-state index contributed by atoms with van der Waals surface area (Å²) in [5.74, 6) is 1.64. The monoisotopic (exact) mass is 367 g/mol. The van der Waals surface area contributed by atoms with E-state index in [2.05, 4.69) is 40.3 Å². The van der Waals surface area contributed by atoms with Crippen molar-refractivity contribution in [2.45, 2.75) is 18.4 Å². The van der Waals surface area contributed by atoms with Crippen molar-refractivity contribution in [1.82, 2.24) is 0 Å². The zero-order valence-corrected chi connectivity index (χ0v) is 14.4. The number of methoxy groups -OCH3 is 1. The standard InChI is InChI=1S/C16H18BrNO2S/c1-3-21-15-7-5-4-6-13(15)18-10-11-8-12(17)16(19)14(9-11)20-2/h4-9,18-19H,3,10H2,1-2H3.